The van der Waals surface area contributed by atoms with Crippen LogP contribution < -0.4 is 10.1 Å². The minimum atomic E-state index is -2.88. The Labute approximate surface area is 139 Å². The summed E-state index contributed by atoms with van der Waals surface area (Å²) in [4.78, 5) is 24.5. The first kappa shape index (κ1) is 18.2. The van der Waals surface area contributed by atoms with E-state index in [9.17, 15) is 18.4 Å². The van der Waals surface area contributed by atoms with Crippen LogP contribution >= 0.6 is 0 Å². The van der Waals surface area contributed by atoms with E-state index in [0.29, 0.717) is 18.4 Å². The van der Waals surface area contributed by atoms with Crippen molar-refractivity contribution in [3.8, 4) is 5.75 Å². The summed E-state index contributed by atoms with van der Waals surface area (Å²) in [6, 6.07) is 5.85. The molecule has 0 aromatic heterocycles. The highest BCUT2D eigenvalue weighted by Crippen LogP contribution is 2.31. The normalized spacial score (nSPS) is 16.0. The fraction of sp³-hybridized carbons (Fsp3) is 0.529. The Morgan fingerprint density at radius 1 is 1.21 bits per heavy atom. The Hall–Kier alpha value is -2.18. The Morgan fingerprint density at radius 3 is 2.38 bits per heavy atom. The highest BCUT2D eigenvalue weighted by atomic mass is 19.3. The molecule has 0 heterocycles. The second-order valence-corrected chi connectivity index (χ2v) is 5.76. The van der Waals surface area contributed by atoms with Crippen molar-refractivity contribution < 1.29 is 27.8 Å². The molecule has 0 atom stereocenters. The molecule has 0 radical (unpaired) electrons. The largest absolute Gasteiger partial charge is 0.464 e. The second-order valence-electron chi connectivity index (χ2n) is 5.76. The topological polar surface area (TPSA) is 64.6 Å². The molecule has 132 valence electrons. The van der Waals surface area contributed by atoms with Crippen LogP contribution in [0, 0.1) is 0 Å². The minimum absolute atomic E-state index is 0.0351. The fourth-order valence-electron chi connectivity index (χ4n) is 2.91. The molecule has 1 amide bonds. The molecule has 1 fully saturated rings. The minimum Gasteiger partial charge on any atom is -0.464 e. The van der Waals surface area contributed by atoms with Gasteiger partial charge < -0.3 is 14.8 Å². The fourth-order valence-corrected chi connectivity index (χ4v) is 2.91. The molecule has 0 bridgehead atoms. The number of esters is 1. The molecule has 0 saturated heterocycles. The number of hydrogen-bond acceptors (Lipinski definition) is 4. The summed E-state index contributed by atoms with van der Waals surface area (Å²) in [6.45, 7) is -0.890. The predicted octanol–water partition coefficient (Wildman–Crippen LogP) is 2.82. The standard InChI is InChI=1S/C17H21F2NO4/c1-2-23-15(22)17(9-3-4-10-17)20-14(21)11-12-5-7-13(8-6-12)24-16(18)19/h5-8,16H,2-4,9-11H2,1H3,(H,20,21). The van der Waals surface area contributed by atoms with Gasteiger partial charge in [0.05, 0.1) is 13.0 Å². The molecule has 1 aromatic carbocycles. The number of alkyl halides is 2. The van der Waals surface area contributed by atoms with Gasteiger partial charge in [0.2, 0.25) is 5.91 Å². The van der Waals surface area contributed by atoms with Crippen LogP contribution in [0.25, 0.3) is 0 Å². The van der Waals surface area contributed by atoms with Gasteiger partial charge in [0.15, 0.2) is 0 Å². The maximum atomic E-state index is 12.3. The molecule has 0 aliphatic heterocycles. The van der Waals surface area contributed by atoms with Crippen LogP contribution in [-0.4, -0.2) is 30.6 Å². The van der Waals surface area contributed by atoms with Crippen molar-refractivity contribution in [2.24, 2.45) is 0 Å². The lowest BCUT2D eigenvalue weighted by molar-refractivity contribution is -0.153. The molecular weight excluding hydrogens is 320 g/mol. The number of benzene rings is 1. The zero-order valence-electron chi connectivity index (χ0n) is 13.5. The summed E-state index contributed by atoms with van der Waals surface area (Å²) in [5.41, 5.74) is -0.294. The van der Waals surface area contributed by atoms with Crippen molar-refractivity contribution in [3.63, 3.8) is 0 Å². The van der Waals surface area contributed by atoms with Gasteiger partial charge in [-0.05, 0) is 37.5 Å². The molecule has 1 saturated carbocycles. The summed E-state index contributed by atoms with van der Waals surface area (Å²) in [7, 11) is 0. The highest BCUT2D eigenvalue weighted by molar-refractivity contribution is 5.89. The molecular formula is C17H21F2NO4. The van der Waals surface area contributed by atoms with Gasteiger partial charge in [-0.1, -0.05) is 25.0 Å². The van der Waals surface area contributed by atoms with Crippen LogP contribution in [-0.2, 0) is 20.7 Å². The van der Waals surface area contributed by atoms with Crippen molar-refractivity contribution in [2.45, 2.75) is 51.2 Å². The predicted molar refractivity (Wildman–Crippen MR) is 82.8 cm³/mol. The highest BCUT2D eigenvalue weighted by Gasteiger charge is 2.43. The van der Waals surface area contributed by atoms with Crippen molar-refractivity contribution >= 4 is 11.9 Å². The maximum Gasteiger partial charge on any atom is 0.387 e. The number of carbonyl (C=O) groups is 2. The second kappa shape index (κ2) is 8.08. The van der Waals surface area contributed by atoms with E-state index in [0.717, 1.165) is 12.8 Å². The van der Waals surface area contributed by atoms with Gasteiger partial charge in [0.25, 0.3) is 0 Å². The van der Waals surface area contributed by atoms with Crippen molar-refractivity contribution in [1.29, 1.82) is 0 Å². The van der Waals surface area contributed by atoms with Crippen LogP contribution in [0.1, 0.15) is 38.2 Å². The van der Waals surface area contributed by atoms with E-state index in [2.05, 4.69) is 10.1 Å². The average molecular weight is 341 g/mol. The van der Waals surface area contributed by atoms with E-state index in [-0.39, 0.29) is 24.7 Å². The maximum absolute atomic E-state index is 12.3. The summed E-state index contributed by atoms with van der Waals surface area (Å²) in [5, 5.41) is 2.81. The first-order valence-corrected chi connectivity index (χ1v) is 7.97. The van der Waals surface area contributed by atoms with Crippen LogP contribution in [0.15, 0.2) is 24.3 Å². The Bertz CT molecular complexity index is 568. The molecule has 0 unspecified atom stereocenters. The van der Waals surface area contributed by atoms with Gasteiger partial charge in [0.1, 0.15) is 11.3 Å². The molecule has 0 spiro atoms. The third kappa shape index (κ3) is 4.66. The Balaban J connectivity index is 1.97. The summed E-state index contributed by atoms with van der Waals surface area (Å²) < 4.78 is 33.6. The smallest absolute Gasteiger partial charge is 0.387 e. The average Bonchev–Trinajstić information content (AvgIpc) is 2.98. The molecule has 5 nitrogen and oxygen atoms in total. The van der Waals surface area contributed by atoms with Crippen LogP contribution in [0.2, 0.25) is 0 Å². The number of hydrogen-bond donors (Lipinski definition) is 1. The third-order valence-electron chi connectivity index (χ3n) is 4.02. The van der Waals surface area contributed by atoms with E-state index >= 15 is 0 Å². The van der Waals surface area contributed by atoms with Crippen molar-refractivity contribution in [2.75, 3.05) is 6.61 Å². The monoisotopic (exact) mass is 341 g/mol. The van der Waals surface area contributed by atoms with Gasteiger partial charge in [0, 0.05) is 0 Å². The molecule has 24 heavy (non-hydrogen) atoms. The molecule has 1 aromatic rings. The van der Waals surface area contributed by atoms with Gasteiger partial charge in [-0.2, -0.15) is 8.78 Å². The quantitative estimate of drug-likeness (QED) is 0.775. The van der Waals surface area contributed by atoms with E-state index < -0.39 is 18.1 Å². The van der Waals surface area contributed by atoms with Gasteiger partial charge in [-0.25, -0.2) is 4.79 Å². The molecule has 1 aliphatic carbocycles. The first-order valence-electron chi connectivity index (χ1n) is 7.97. The van der Waals surface area contributed by atoms with Crippen molar-refractivity contribution in [1.82, 2.24) is 5.32 Å². The van der Waals surface area contributed by atoms with Gasteiger partial charge in [-0.3, -0.25) is 4.79 Å². The Morgan fingerprint density at radius 2 is 1.83 bits per heavy atom. The number of ether oxygens (including phenoxy) is 2. The lowest BCUT2D eigenvalue weighted by Gasteiger charge is -2.27. The number of nitrogens with one attached hydrogen (secondary N) is 1. The molecule has 1 N–H and O–H groups in total. The van der Waals surface area contributed by atoms with E-state index in [1.54, 1.807) is 19.1 Å². The number of carbonyl (C=O) groups excluding carboxylic acids is 2. The molecule has 2 rings (SSSR count). The molecule has 7 heteroatoms. The first-order chi connectivity index (χ1) is 11.4. The summed E-state index contributed by atoms with van der Waals surface area (Å²) >= 11 is 0. The van der Waals surface area contributed by atoms with Crippen LogP contribution in [0.3, 0.4) is 0 Å². The van der Waals surface area contributed by atoms with Gasteiger partial charge in [-0.15, -0.1) is 0 Å². The molecule has 1 aliphatic rings. The number of rotatable bonds is 7. The lowest BCUT2D eigenvalue weighted by atomic mass is 9.97. The SMILES string of the molecule is CCOC(=O)C1(NC(=O)Cc2ccc(OC(F)F)cc2)CCCC1. The zero-order chi connectivity index (χ0) is 17.6. The zero-order valence-corrected chi connectivity index (χ0v) is 13.5. The van der Waals surface area contributed by atoms with Crippen LogP contribution in [0.5, 0.6) is 5.75 Å². The summed E-state index contributed by atoms with van der Waals surface area (Å²) in [6.07, 6.45) is 2.91. The van der Waals surface area contributed by atoms with Crippen LogP contribution in [0.4, 0.5) is 8.78 Å². The third-order valence-corrected chi connectivity index (χ3v) is 4.02. The van der Waals surface area contributed by atoms with Crippen molar-refractivity contribution in [3.05, 3.63) is 29.8 Å². The van der Waals surface area contributed by atoms with E-state index in [4.69, 9.17) is 4.74 Å². The lowest BCUT2D eigenvalue weighted by Crippen LogP contribution is -2.53. The number of halogens is 2. The van der Waals surface area contributed by atoms with E-state index in [1.807, 2.05) is 0 Å². The number of amides is 1. The van der Waals surface area contributed by atoms with E-state index in [1.165, 1.54) is 12.1 Å². The van der Waals surface area contributed by atoms with Gasteiger partial charge >= 0.3 is 12.6 Å². The Kier molecular flexibility index (Phi) is 6.11. The summed E-state index contributed by atoms with van der Waals surface area (Å²) in [5.74, 6) is -0.656.